The van der Waals surface area contributed by atoms with Gasteiger partial charge in [0.15, 0.2) is 27.2 Å². The molecule has 1 aromatic carbocycles. The van der Waals surface area contributed by atoms with Crippen molar-refractivity contribution in [3.63, 3.8) is 0 Å². The summed E-state index contributed by atoms with van der Waals surface area (Å²) in [5.41, 5.74) is 6.76. The molecule has 7 aromatic rings. The highest BCUT2D eigenvalue weighted by Gasteiger charge is 2.54. The Kier molecular flexibility index (Phi) is 13.8. The fraction of sp³-hybridized carbons (Fsp3) is 0.289. The first-order chi connectivity index (χ1) is 35.8. The molecular weight excluding hydrogens is 1040 g/mol. The van der Waals surface area contributed by atoms with Crippen molar-refractivity contribution in [2.45, 2.75) is 48.7 Å². The number of hydrogen-bond acceptors (Lipinski definition) is 22. The highest BCUT2D eigenvalue weighted by atomic mass is 32.2. The number of anilines is 1. The van der Waals surface area contributed by atoms with Crippen LogP contribution >= 0.6 is 34.9 Å². The van der Waals surface area contributed by atoms with Gasteiger partial charge in [0.1, 0.15) is 42.0 Å². The predicted molar refractivity (Wildman–Crippen MR) is 271 cm³/mol. The number of nitrogens with one attached hydrogen (secondary N) is 2. The number of nitrogen functional groups attached to an aromatic ring is 1. The molecule has 30 heteroatoms. The number of carbonyl (C=O) groups is 4. The number of aliphatic hydroxyl groups is 1. The standard InChI is InChI=1S/C20H16N2O4.C18H18N8O7S3.C7H8N4O2/c1-2-20(25)14-8-16-17-12(7-11-5-3-4-6-15(11)21-17)9-22(16)18(23)13(14)10-26-19(20)24;1-25-18(22-12(28)13(29)23-25)36-4-6-3-34-15-9(14(30)26(15)10(6)16(31)32)21-11(27)8(24-33-2)7-5-35-17(19)20-7;1-10-5-4(8-3-9-5)6(12)11(2)7(10)13/h3-8,25H,2,9-10H2,1H3;5,9,15H,3-4H2,1-2H3,(H2,19,20)(H,21,27)(H,23,29)(H,31,32);3H,1-2H3,(H,8,9)/b;24-8-;/t20-;9-,15-;/m01./s1. The molecule has 4 aliphatic rings. The van der Waals surface area contributed by atoms with Crippen molar-refractivity contribution < 1.29 is 44.1 Å². The zero-order valence-electron chi connectivity index (χ0n) is 40.0. The third-order valence-electron chi connectivity index (χ3n) is 12.4. The van der Waals surface area contributed by atoms with Gasteiger partial charge in [0, 0.05) is 54.5 Å². The van der Waals surface area contributed by atoms with Gasteiger partial charge in [-0.05, 0) is 30.2 Å². The number of cyclic esters (lactones) is 1. The number of nitrogens with two attached hydrogens (primary N) is 1. The Balaban J connectivity index is 0.000000153. The number of carbonyl (C=O) groups excluding carboxylic acids is 3. The first-order valence-electron chi connectivity index (χ1n) is 22.2. The largest absolute Gasteiger partial charge is 0.488 e. The highest BCUT2D eigenvalue weighted by molar-refractivity contribution is 8.01. The van der Waals surface area contributed by atoms with E-state index in [0.717, 1.165) is 54.7 Å². The number of esters is 1. The maximum atomic E-state index is 13.0. The van der Waals surface area contributed by atoms with Gasteiger partial charge in [0.05, 0.1) is 35.3 Å². The van der Waals surface area contributed by atoms with E-state index < -0.39 is 52.2 Å². The first-order valence-corrected chi connectivity index (χ1v) is 25.1. The number of imidazole rings is 1. The number of hydrogen-bond donors (Lipinski definition) is 6. The van der Waals surface area contributed by atoms with Gasteiger partial charge in [-0.15, -0.1) is 28.2 Å². The minimum atomic E-state index is -1.79. The first kappa shape index (κ1) is 51.4. The molecule has 0 spiro atoms. The monoisotopic (exact) mass is 1080 g/mol. The molecule has 1 saturated heterocycles. The lowest BCUT2D eigenvalue weighted by atomic mass is 9.86. The van der Waals surface area contributed by atoms with Crippen molar-refractivity contribution in [3.05, 3.63) is 123 Å². The number of aromatic hydroxyl groups is 1. The van der Waals surface area contributed by atoms with Crippen LogP contribution in [0.2, 0.25) is 0 Å². The smallest absolute Gasteiger partial charge is 0.352 e. The number of aryl methyl sites for hydroxylation is 2. The zero-order chi connectivity index (χ0) is 53.8. The molecule has 3 atom stereocenters. The van der Waals surface area contributed by atoms with Crippen LogP contribution in [0.1, 0.15) is 35.7 Å². The lowest BCUT2D eigenvalue weighted by Crippen LogP contribution is -2.71. The second kappa shape index (κ2) is 20.1. The van der Waals surface area contributed by atoms with Crippen LogP contribution in [0.3, 0.4) is 0 Å². The van der Waals surface area contributed by atoms with Gasteiger partial charge in [-0.25, -0.2) is 34.0 Å². The Morgan fingerprint density at radius 1 is 1.07 bits per heavy atom. The Hall–Kier alpha value is -8.48. The number of aliphatic carboxylic acids is 1. The van der Waals surface area contributed by atoms with Crippen LogP contribution in [0.25, 0.3) is 33.5 Å². The minimum absolute atomic E-state index is 0.102. The van der Waals surface area contributed by atoms with Crippen LogP contribution in [0.4, 0.5) is 5.13 Å². The van der Waals surface area contributed by atoms with Gasteiger partial charge in [0.2, 0.25) is 0 Å². The van der Waals surface area contributed by atoms with E-state index in [1.807, 2.05) is 30.3 Å². The summed E-state index contributed by atoms with van der Waals surface area (Å²) in [4.78, 5) is 122. The molecule has 0 radical (unpaired) electrons. The molecule has 0 unspecified atom stereocenters. The number of aromatic amines is 1. The number of thioether (sulfide) groups is 2. The number of oxime groups is 1. The lowest BCUT2D eigenvalue weighted by Gasteiger charge is -2.49. The molecule has 4 aliphatic heterocycles. The predicted octanol–water partition coefficient (Wildman–Crippen LogP) is -0.159. The molecule has 75 heavy (non-hydrogen) atoms. The van der Waals surface area contributed by atoms with Crippen LogP contribution in [-0.4, -0.2) is 128 Å². The van der Waals surface area contributed by atoms with Gasteiger partial charge >= 0.3 is 23.2 Å². The zero-order valence-corrected chi connectivity index (χ0v) is 42.4. The van der Waals surface area contributed by atoms with Gasteiger partial charge in [0.25, 0.3) is 28.8 Å². The number of carboxylic acid groups (broad SMARTS) is 1. The second-order valence-corrected chi connectivity index (χ2v) is 19.8. The number of ether oxygens (including phenoxy) is 1. The van der Waals surface area contributed by atoms with E-state index in [1.54, 1.807) is 24.6 Å². The van der Waals surface area contributed by atoms with Crippen molar-refractivity contribution in [3.8, 4) is 17.3 Å². The van der Waals surface area contributed by atoms with E-state index in [-0.39, 0.29) is 68.7 Å². The number of fused-ring (bicyclic) bond motifs is 7. The number of pyridine rings is 2. The molecule has 11 rings (SSSR count). The summed E-state index contributed by atoms with van der Waals surface area (Å²) in [6.07, 6.45) is 1.53. The van der Waals surface area contributed by atoms with Crippen LogP contribution in [0, 0.1) is 0 Å². The van der Waals surface area contributed by atoms with Gasteiger partial charge < -0.3 is 45.5 Å². The summed E-state index contributed by atoms with van der Waals surface area (Å²) in [5, 5.41) is 42.2. The van der Waals surface area contributed by atoms with E-state index in [9.17, 15) is 53.7 Å². The fourth-order valence-corrected chi connectivity index (χ4v) is 11.5. The van der Waals surface area contributed by atoms with Crippen molar-refractivity contribution in [1.29, 1.82) is 0 Å². The Morgan fingerprint density at radius 2 is 1.83 bits per heavy atom. The summed E-state index contributed by atoms with van der Waals surface area (Å²) in [6.45, 7) is 2.01. The number of rotatable bonds is 9. The molecule has 27 nitrogen and oxygen atoms in total. The lowest BCUT2D eigenvalue weighted by molar-refractivity contribution is -0.172. The number of benzene rings is 1. The maximum absolute atomic E-state index is 13.0. The summed E-state index contributed by atoms with van der Waals surface area (Å²) in [5.74, 6) is -3.75. The number of β-lactam (4-membered cyclic amide) rings is 1. The normalized spacial score (nSPS) is 18.4. The van der Waals surface area contributed by atoms with Gasteiger partial charge in [-0.2, -0.15) is 4.98 Å². The SMILES string of the molecule is CC[C@@]1(O)C(=O)OCc2c1cc1n(c2=O)Cc2cc3ccccc3nc2-1.CO/N=C(\C(=O)N[C@@H]1C(=O)N2C(C(=O)O)=C(CSc3nc(=O)c(O)nn3C)CS[C@H]12)c1csc(N)n1.Cn1c(=O)c2[nH]cnc2n(C)c1=O. The quantitative estimate of drug-likeness (QED) is 0.0360. The average Bonchev–Trinajstić information content (AvgIpc) is 4.17. The third kappa shape index (κ3) is 9.09. The topological polar surface area (TPSA) is 369 Å². The summed E-state index contributed by atoms with van der Waals surface area (Å²) in [7, 11) is 5.73. The Labute approximate surface area is 432 Å². The van der Waals surface area contributed by atoms with E-state index in [1.165, 1.54) is 53.9 Å². The number of carboxylic acids is 1. The summed E-state index contributed by atoms with van der Waals surface area (Å²) in [6, 6.07) is 10.6. The van der Waals surface area contributed by atoms with Crippen molar-refractivity contribution in [1.82, 2.24) is 58.6 Å². The number of para-hydroxylation sites is 1. The third-order valence-corrected chi connectivity index (χ3v) is 15.6. The van der Waals surface area contributed by atoms with Crippen molar-refractivity contribution >= 4 is 91.5 Å². The number of aromatic nitrogens is 10. The minimum Gasteiger partial charge on any atom is -0.488 e. The molecule has 0 saturated carbocycles. The Bertz CT molecular complexity index is 3880. The summed E-state index contributed by atoms with van der Waals surface area (Å²) < 4.78 is 10.3. The van der Waals surface area contributed by atoms with E-state index in [4.69, 9.17) is 20.3 Å². The molecule has 388 valence electrons. The molecule has 2 amide bonds. The number of H-pyrrole nitrogens is 1. The van der Waals surface area contributed by atoms with E-state index in [0.29, 0.717) is 40.1 Å². The van der Waals surface area contributed by atoms with Crippen molar-refractivity contribution in [2.75, 3.05) is 24.3 Å². The number of nitrogens with zero attached hydrogens (tertiary/aromatic N) is 11. The van der Waals surface area contributed by atoms with Crippen LogP contribution < -0.4 is 33.4 Å². The van der Waals surface area contributed by atoms with Crippen LogP contribution in [-0.2, 0) is 68.6 Å². The molecular formula is C45H42N14O13S3. The maximum Gasteiger partial charge on any atom is 0.352 e. The molecule has 1 fully saturated rings. The highest BCUT2D eigenvalue weighted by Crippen LogP contribution is 2.42. The van der Waals surface area contributed by atoms with Crippen molar-refractivity contribution in [2.24, 2.45) is 26.3 Å². The number of amides is 2. The van der Waals surface area contributed by atoms with E-state index >= 15 is 0 Å². The molecule has 0 bridgehead atoms. The summed E-state index contributed by atoms with van der Waals surface area (Å²) >= 11 is 3.41. The average molecular weight is 1080 g/mol. The molecule has 6 aromatic heterocycles. The van der Waals surface area contributed by atoms with E-state index in [2.05, 4.69) is 35.5 Å². The second-order valence-electron chi connectivity index (χ2n) is 16.8. The van der Waals surface area contributed by atoms with Crippen LogP contribution in [0.5, 0.6) is 5.88 Å². The fourth-order valence-electron chi connectivity index (χ4n) is 8.60. The number of thiazole rings is 1. The molecule has 10 heterocycles. The molecule has 0 aliphatic carbocycles. The molecule has 7 N–H and O–H groups in total. The van der Waals surface area contributed by atoms with Crippen LogP contribution in [0.15, 0.2) is 88.9 Å². The van der Waals surface area contributed by atoms with Gasteiger partial charge in [-0.3, -0.25) is 38.0 Å². The Morgan fingerprint density at radius 3 is 2.53 bits per heavy atom. The van der Waals surface area contributed by atoms with Gasteiger partial charge in [-0.1, -0.05) is 42.0 Å².